The van der Waals surface area contributed by atoms with Crippen molar-refractivity contribution >= 4 is 11.8 Å². The van der Waals surface area contributed by atoms with Crippen molar-refractivity contribution in [1.29, 1.82) is 0 Å². The van der Waals surface area contributed by atoms with Gasteiger partial charge in [0.05, 0.1) is 6.61 Å². The molecule has 1 heterocycles. The first-order valence-electron chi connectivity index (χ1n) is 4.60. The molecule has 0 amide bonds. The van der Waals surface area contributed by atoms with Gasteiger partial charge in [-0.25, -0.2) is 0 Å². The van der Waals surface area contributed by atoms with Crippen LogP contribution in [0.4, 0.5) is 0 Å². The van der Waals surface area contributed by atoms with Crippen LogP contribution >= 0.6 is 11.8 Å². The number of hydrogen-bond acceptors (Lipinski definition) is 3. The molecule has 1 aliphatic heterocycles. The lowest BCUT2D eigenvalue weighted by atomic mass is 10.1. The lowest BCUT2D eigenvalue weighted by Gasteiger charge is -2.21. The summed E-state index contributed by atoms with van der Waals surface area (Å²) in [5.74, 6) is 1.30. The quantitative estimate of drug-likeness (QED) is 0.724. The second-order valence-electron chi connectivity index (χ2n) is 3.49. The third-order valence-corrected chi connectivity index (χ3v) is 3.62. The van der Waals surface area contributed by atoms with E-state index in [0.29, 0.717) is 12.1 Å². The Labute approximate surface area is 79.4 Å². The minimum atomic E-state index is 0.487. The van der Waals surface area contributed by atoms with Crippen LogP contribution in [-0.2, 0) is 4.74 Å². The molecular weight excluding hydrogens is 170 g/mol. The molecule has 0 saturated carbocycles. The molecular formula is C9H19NOS. The molecule has 0 aromatic rings. The van der Waals surface area contributed by atoms with Crippen LogP contribution < -0.4 is 5.32 Å². The first kappa shape index (κ1) is 10.4. The van der Waals surface area contributed by atoms with E-state index in [1.807, 2.05) is 0 Å². The molecule has 0 bridgehead atoms. The molecule has 3 unspecified atom stereocenters. The van der Waals surface area contributed by atoms with E-state index in [1.165, 1.54) is 12.2 Å². The Balaban J connectivity index is 2.20. The Hall–Kier alpha value is 0.270. The highest BCUT2D eigenvalue weighted by Crippen LogP contribution is 2.26. The maximum Gasteiger partial charge on any atom is 0.0613 e. The van der Waals surface area contributed by atoms with Crippen molar-refractivity contribution in [2.45, 2.75) is 37.6 Å². The van der Waals surface area contributed by atoms with E-state index < -0.39 is 0 Å². The largest absolute Gasteiger partial charge is 0.383 e. The molecule has 0 aliphatic carbocycles. The fraction of sp³-hybridized carbons (Fsp3) is 1.00. The van der Waals surface area contributed by atoms with Crippen molar-refractivity contribution < 1.29 is 4.74 Å². The second-order valence-corrected chi connectivity index (χ2v) is 4.98. The van der Waals surface area contributed by atoms with Crippen LogP contribution in [-0.4, -0.2) is 36.8 Å². The topological polar surface area (TPSA) is 21.3 Å². The van der Waals surface area contributed by atoms with Gasteiger partial charge in [0, 0.05) is 24.4 Å². The number of ether oxygens (including phenoxy) is 1. The van der Waals surface area contributed by atoms with Crippen LogP contribution in [0.5, 0.6) is 0 Å². The normalized spacial score (nSPS) is 32.2. The Kier molecular flexibility index (Phi) is 4.40. The first-order valence-corrected chi connectivity index (χ1v) is 5.65. The van der Waals surface area contributed by atoms with Gasteiger partial charge in [0.15, 0.2) is 0 Å². The average Bonchev–Trinajstić information content (AvgIpc) is 2.37. The molecule has 0 aromatic carbocycles. The number of rotatable bonds is 4. The van der Waals surface area contributed by atoms with E-state index in [9.17, 15) is 0 Å². The molecule has 12 heavy (non-hydrogen) atoms. The summed E-state index contributed by atoms with van der Waals surface area (Å²) in [6, 6.07) is 1.18. The lowest BCUT2D eigenvalue weighted by Crippen LogP contribution is -2.41. The fourth-order valence-corrected chi connectivity index (χ4v) is 2.82. The van der Waals surface area contributed by atoms with Crippen LogP contribution in [0.25, 0.3) is 0 Å². The van der Waals surface area contributed by atoms with Gasteiger partial charge in [-0.15, -0.1) is 0 Å². The summed E-state index contributed by atoms with van der Waals surface area (Å²) in [6.45, 7) is 5.29. The summed E-state index contributed by atoms with van der Waals surface area (Å²) < 4.78 is 5.08. The smallest absolute Gasteiger partial charge is 0.0613 e. The zero-order valence-electron chi connectivity index (χ0n) is 8.17. The van der Waals surface area contributed by atoms with Crippen molar-refractivity contribution in [3.8, 4) is 0 Å². The number of hydrogen-bond donors (Lipinski definition) is 1. The van der Waals surface area contributed by atoms with Crippen LogP contribution in [0.3, 0.4) is 0 Å². The monoisotopic (exact) mass is 189 g/mol. The maximum atomic E-state index is 5.08. The molecule has 1 fully saturated rings. The molecule has 0 radical (unpaired) electrons. The van der Waals surface area contributed by atoms with Gasteiger partial charge >= 0.3 is 0 Å². The van der Waals surface area contributed by atoms with Gasteiger partial charge in [0.25, 0.3) is 0 Å². The van der Waals surface area contributed by atoms with Gasteiger partial charge in [-0.3, -0.25) is 0 Å². The highest BCUT2D eigenvalue weighted by Gasteiger charge is 2.24. The molecule has 1 N–H and O–H groups in total. The highest BCUT2D eigenvalue weighted by atomic mass is 32.2. The summed E-state index contributed by atoms with van der Waals surface area (Å²) in [4.78, 5) is 0. The Morgan fingerprint density at radius 3 is 2.92 bits per heavy atom. The summed E-state index contributed by atoms with van der Waals surface area (Å²) in [5, 5.41) is 4.35. The van der Waals surface area contributed by atoms with Gasteiger partial charge in [0.2, 0.25) is 0 Å². The van der Waals surface area contributed by atoms with E-state index in [2.05, 4.69) is 30.9 Å². The molecule has 1 rings (SSSR count). The highest BCUT2D eigenvalue weighted by molar-refractivity contribution is 8.00. The summed E-state index contributed by atoms with van der Waals surface area (Å²) >= 11 is 2.06. The molecule has 3 atom stereocenters. The lowest BCUT2D eigenvalue weighted by molar-refractivity contribution is 0.166. The number of methoxy groups -OCH3 is 1. The molecule has 2 nitrogen and oxygen atoms in total. The van der Waals surface area contributed by atoms with Crippen molar-refractivity contribution in [3.05, 3.63) is 0 Å². The standard InChI is InChI=1S/C9H19NOS/c1-7(6-11-3)10-9-4-5-12-8(9)2/h7-10H,4-6H2,1-3H3. The Morgan fingerprint density at radius 1 is 1.67 bits per heavy atom. The fourth-order valence-electron chi connectivity index (χ4n) is 1.61. The molecule has 72 valence electrons. The third kappa shape index (κ3) is 2.96. The van der Waals surface area contributed by atoms with E-state index in [1.54, 1.807) is 7.11 Å². The SMILES string of the molecule is COCC(C)NC1CCSC1C. The first-order chi connectivity index (χ1) is 5.74. The molecule has 0 spiro atoms. The van der Waals surface area contributed by atoms with Crippen molar-refractivity contribution in [1.82, 2.24) is 5.32 Å². The molecule has 1 aliphatic rings. The zero-order valence-corrected chi connectivity index (χ0v) is 8.99. The predicted octanol–water partition coefficient (Wildman–Crippen LogP) is 1.50. The molecule has 1 saturated heterocycles. The Bertz CT molecular complexity index is 132. The zero-order chi connectivity index (χ0) is 8.97. The van der Waals surface area contributed by atoms with Crippen LogP contribution in [0.1, 0.15) is 20.3 Å². The second kappa shape index (κ2) is 5.10. The average molecular weight is 189 g/mol. The molecule has 3 heteroatoms. The van der Waals surface area contributed by atoms with Crippen LogP contribution in [0.15, 0.2) is 0 Å². The van der Waals surface area contributed by atoms with Crippen LogP contribution in [0, 0.1) is 0 Å². The number of nitrogens with one attached hydrogen (secondary N) is 1. The van der Waals surface area contributed by atoms with E-state index in [0.717, 1.165) is 11.9 Å². The Morgan fingerprint density at radius 2 is 2.42 bits per heavy atom. The summed E-state index contributed by atoms with van der Waals surface area (Å²) in [5.41, 5.74) is 0. The summed E-state index contributed by atoms with van der Waals surface area (Å²) in [6.07, 6.45) is 1.31. The van der Waals surface area contributed by atoms with E-state index in [4.69, 9.17) is 4.74 Å². The van der Waals surface area contributed by atoms with Gasteiger partial charge < -0.3 is 10.1 Å². The number of thioether (sulfide) groups is 1. The van der Waals surface area contributed by atoms with Gasteiger partial charge in [-0.05, 0) is 19.1 Å². The van der Waals surface area contributed by atoms with Gasteiger partial charge in [0.1, 0.15) is 0 Å². The van der Waals surface area contributed by atoms with E-state index >= 15 is 0 Å². The maximum absolute atomic E-state index is 5.08. The van der Waals surface area contributed by atoms with Crippen molar-refractivity contribution in [2.75, 3.05) is 19.5 Å². The summed E-state index contributed by atoms with van der Waals surface area (Å²) in [7, 11) is 1.75. The minimum absolute atomic E-state index is 0.487. The van der Waals surface area contributed by atoms with E-state index in [-0.39, 0.29) is 0 Å². The third-order valence-electron chi connectivity index (χ3n) is 2.29. The van der Waals surface area contributed by atoms with Crippen LogP contribution in [0.2, 0.25) is 0 Å². The molecule has 0 aromatic heterocycles. The minimum Gasteiger partial charge on any atom is -0.383 e. The van der Waals surface area contributed by atoms with Gasteiger partial charge in [-0.1, -0.05) is 6.92 Å². The van der Waals surface area contributed by atoms with Gasteiger partial charge in [-0.2, -0.15) is 11.8 Å². The van der Waals surface area contributed by atoms with Crippen molar-refractivity contribution in [3.63, 3.8) is 0 Å². The van der Waals surface area contributed by atoms with Crippen molar-refractivity contribution in [2.24, 2.45) is 0 Å². The predicted molar refractivity (Wildman–Crippen MR) is 54.8 cm³/mol.